The molecule has 37 heavy (non-hydrogen) atoms. The molecule has 0 fully saturated rings. The summed E-state index contributed by atoms with van der Waals surface area (Å²) in [5, 5.41) is 18.2. The van der Waals surface area contributed by atoms with Gasteiger partial charge in [-0.05, 0) is 41.5 Å². The molecule has 198 valence electrons. The minimum Gasteiger partial charge on any atom is -0.496 e. The van der Waals surface area contributed by atoms with E-state index < -0.39 is 6.09 Å². The standard InChI is InChI=1S/C27H32N2O8/c1-35-25-15-19(3-7-21(25)18-29(12-11-28)27(33)34)4-8-22(31)17-23(32)9-5-20-6-10-24(37-14-13-30)26(16-20)36-2/h3-10,15-16,30H,11-14,17-18,28H2,1-2H3,(H,33,34). The number of benzene rings is 2. The summed E-state index contributed by atoms with van der Waals surface area (Å²) in [6.45, 7) is 0.515. The number of allylic oxidation sites excluding steroid dienone is 2. The van der Waals surface area contributed by atoms with Gasteiger partial charge in [-0.2, -0.15) is 0 Å². The van der Waals surface area contributed by atoms with E-state index >= 15 is 0 Å². The second-order valence-corrected chi connectivity index (χ2v) is 7.82. The number of nitrogens with zero attached hydrogens (tertiary/aromatic N) is 1. The van der Waals surface area contributed by atoms with E-state index in [1.165, 1.54) is 31.3 Å². The Morgan fingerprint density at radius 3 is 2.05 bits per heavy atom. The zero-order valence-corrected chi connectivity index (χ0v) is 20.9. The lowest BCUT2D eigenvalue weighted by Crippen LogP contribution is -2.33. The summed E-state index contributed by atoms with van der Waals surface area (Å²) < 4.78 is 16.0. The van der Waals surface area contributed by atoms with Gasteiger partial charge in [0.15, 0.2) is 23.1 Å². The van der Waals surface area contributed by atoms with Crippen molar-refractivity contribution in [3.05, 3.63) is 65.2 Å². The highest BCUT2D eigenvalue weighted by Gasteiger charge is 2.14. The van der Waals surface area contributed by atoms with Crippen LogP contribution in [0.15, 0.2) is 48.6 Å². The third kappa shape index (κ3) is 9.43. The number of rotatable bonds is 15. The zero-order chi connectivity index (χ0) is 27.2. The number of methoxy groups -OCH3 is 2. The number of nitrogens with two attached hydrogens (primary N) is 1. The third-order valence-corrected chi connectivity index (χ3v) is 5.15. The average molecular weight is 513 g/mol. The lowest BCUT2D eigenvalue weighted by molar-refractivity contribution is -0.121. The van der Waals surface area contributed by atoms with Gasteiger partial charge < -0.3 is 35.1 Å². The van der Waals surface area contributed by atoms with Crippen LogP contribution in [0.4, 0.5) is 4.79 Å². The largest absolute Gasteiger partial charge is 0.496 e. The number of amides is 1. The predicted octanol–water partition coefficient (Wildman–Crippen LogP) is 2.77. The molecule has 0 aliphatic heterocycles. The van der Waals surface area contributed by atoms with Crippen molar-refractivity contribution in [2.24, 2.45) is 5.73 Å². The second-order valence-electron chi connectivity index (χ2n) is 7.82. The molecule has 4 N–H and O–H groups in total. The van der Waals surface area contributed by atoms with Crippen molar-refractivity contribution in [3.8, 4) is 17.2 Å². The fourth-order valence-corrected chi connectivity index (χ4v) is 3.33. The van der Waals surface area contributed by atoms with Gasteiger partial charge in [0.2, 0.25) is 0 Å². The zero-order valence-electron chi connectivity index (χ0n) is 20.9. The molecular formula is C27H32N2O8. The van der Waals surface area contributed by atoms with Gasteiger partial charge in [-0.25, -0.2) is 4.79 Å². The molecule has 10 heteroatoms. The van der Waals surface area contributed by atoms with Crippen molar-refractivity contribution in [2.45, 2.75) is 13.0 Å². The lowest BCUT2D eigenvalue weighted by atomic mass is 10.1. The van der Waals surface area contributed by atoms with Crippen molar-refractivity contribution >= 4 is 29.8 Å². The van der Waals surface area contributed by atoms with E-state index in [0.29, 0.717) is 33.9 Å². The van der Waals surface area contributed by atoms with Crippen LogP contribution in [-0.4, -0.2) is 73.3 Å². The van der Waals surface area contributed by atoms with E-state index in [1.54, 1.807) is 48.6 Å². The number of carboxylic acid groups (broad SMARTS) is 1. The van der Waals surface area contributed by atoms with Gasteiger partial charge in [0, 0.05) is 18.7 Å². The Hall–Kier alpha value is -4.15. The minimum absolute atomic E-state index is 0.115. The first-order valence-electron chi connectivity index (χ1n) is 11.5. The summed E-state index contributed by atoms with van der Waals surface area (Å²) in [5.74, 6) is 0.664. The van der Waals surface area contributed by atoms with Gasteiger partial charge in [0.25, 0.3) is 0 Å². The number of aliphatic hydroxyl groups excluding tert-OH is 1. The van der Waals surface area contributed by atoms with Crippen LogP contribution < -0.4 is 19.9 Å². The van der Waals surface area contributed by atoms with Crippen molar-refractivity contribution in [1.82, 2.24) is 4.90 Å². The number of hydrogen-bond donors (Lipinski definition) is 3. The third-order valence-electron chi connectivity index (χ3n) is 5.15. The summed E-state index contributed by atoms with van der Waals surface area (Å²) in [4.78, 5) is 37.1. The summed E-state index contributed by atoms with van der Waals surface area (Å²) in [7, 11) is 2.96. The van der Waals surface area contributed by atoms with E-state index in [2.05, 4.69) is 0 Å². The number of carbonyl (C=O) groups excluding carboxylic acids is 2. The van der Waals surface area contributed by atoms with Crippen molar-refractivity contribution in [2.75, 3.05) is 40.5 Å². The van der Waals surface area contributed by atoms with Gasteiger partial charge in [0.1, 0.15) is 12.4 Å². The number of hydrogen-bond acceptors (Lipinski definition) is 8. The van der Waals surface area contributed by atoms with Crippen LogP contribution in [0.2, 0.25) is 0 Å². The Morgan fingerprint density at radius 2 is 1.51 bits per heavy atom. The highest BCUT2D eigenvalue weighted by molar-refractivity contribution is 6.10. The van der Waals surface area contributed by atoms with Gasteiger partial charge in [-0.3, -0.25) is 9.59 Å². The number of carbonyl (C=O) groups is 3. The van der Waals surface area contributed by atoms with Gasteiger partial charge in [0.05, 0.1) is 33.8 Å². The molecule has 0 aliphatic carbocycles. The maximum absolute atomic E-state index is 12.3. The molecule has 2 aromatic carbocycles. The predicted molar refractivity (Wildman–Crippen MR) is 139 cm³/mol. The summed E-state index contributed by atoms with van der Waals surface area (Å²) in [6.07, 6.45) is 4.40. The van der Waals surface area contributed by atoms with E-state index in [0.717, 1.165) is 0 Å². The summed E-state index contributed by atoms with van der Waals surface area (Å²) >= 11 is 0. The molecule has 0 heterocycles. The maximum Gasteiger partial charge on any atom is 0.407 e. The van der Waals surface area contributed by atoms with Crippen LogP contribution in [0.25, 0.3) is 12.2 Å². The van der Waals surface area contributed by atoms with E-state index in [1.807, 2.05) is 0 Å². The molecule has 0 radical (unpaired) electrons. The topological polar surface area (TPSA) is 149 Å². The van der Waals surface area contributed by atoms with Crippen LogP contribution in [0.5, 0.6) is 17.2 Å². The molecule has 0 bridgehead atoms. The second kappa shape index (κ2) is 15.1. The molecule has 1 amide bonds. The molecule has 0 saturated heterocycles. The van der Waals surface area contributed by atoms with Crippen LogP contribution in [0.3, 0.4) is 0 Å². The summed E-state index contributed by atoms with van der Waals surface area (Å²) in [6, 6.07) is 10.2. The first kappa shape index (κ1) is 29.1. The van der Waals surface area contributed by atoms with Gasteiger partial charge >= 0.3 is 6.09 Å². The highest BCUT2D eigenvalue weighted by atomic mass is 16.5. The van der Waals surface area contributed by atoms with Crippen molar-refractivity contribution < 1.29 is 38.8 Å². The Morgan fingerprint density at radius 1 is 0.919 bits per heavy atom. The van der Waals surface area contributed by atoms with E-state index in [4.69, 9.17) is 25.1 Å². The molecule has 0 aromatic heterocycles. The van der Waals surface area contributed by atoms with E-state index in [-0.39, 0.29) is 50.8 Å². The Balaban J connectivity index is 1.99. The first-order chi connectivity index (χ1) is 17.8. The molecule has 0 aliphatic rings. The smallest absolute Gasteiger partial charge is 0.407 e. The average Bonchev–Trinajstić information content (AvgIpc) is 2.89. The van der Waals surface area contributed by atoms with Gasteiger partial charge in [-0.1, -0.05) is 30.4 Å². The van der Waals surface area contributed by atoms with Crippen LogP contribution >= 0.6 is 0 Å². The van der Waals surface area contributed by atoms with Gasteiger partial charge in [-0.15, -0.1) is 0 Å². The molecule has 10 nitrogen and oxygen atoms in total. The monoisotopic (exact) mass is 512 g/mol. The molecular weight excluding hydrogens is 480 g/mol. The fourth-order valence-electron chi connectivity index (χ4n) is 3.33. The molecule has 0 spiro atoms. The Kier molecular flexibility index (Phi) is 11.8. The molecule has 0 atom stereocenters. The molecule has 0 unspecified atom stereocenters. The molecule has 2 aromatic rings. The minimum atomic E-state index is -1.08. The normalized spacial score (nSPS) is 11.0. The Bertz CT molecular complexity index is 1140. The maximum atomic E-state index is 12.3. The number of ketones is 2. The molecule has 0 saturated carbocycles. The molecule has 2 rings (SSSR count). The number of aliphatic hydroxyl groups is 1. The fraction of sp³-hybridized carbons (Fsp3) is 0.296. The van der Waals surface area contributed by atoms with Crippen molar-refractivity contribution in [3.63, 3.8) is 0 Å². The Labute approximate surface area is 215 Å². The highest BCUT2D eigenvalue weighted by Crippen LogP contribution is 2.28. The first-order valence-corrected chi connectivity index (χ1v) is 11.5. The summed E-state index contributed by atoms with van der Waals surface area (Å²) in [5.41, 5.74) is 7.48. The van der Waals surface area contributed by atoms with Crippen LogP contribution in [0.1, 0.15) is 23.1 Å². The van der Waals surface area contributed by atoms with Crippen molar-refractivity contribution in [1.29, 1.82) is 0 Å². The quantitative estimate of drug-likeness (QED) is 0.242. The van der Waals surface area contributed by atoms with Crippen LogP contribution in [0, 0.1) is 0 Å². The van der Waals surface area contributed by atoms with E-state index in [9.17, 15) is 19.5 Å². The number of ether oxygens (including phenoxy) is 3. The lowest BCUT2D eigenvalue weighted by Gasteiger charge is -2.20. The SMILES string of the molecule is COc1cc(C=CC(=O)CC(=O)C=Cc2ccc(OCCO)c(OC)c2)ccc1CN(CCN)C(=O)O. The van der Waals surface area contributed by atoms with Crippen LogP contribution in [-0.2, 0) is 16.1 Å².